The molecule has 3 N–H and O–H groups in total. The molecular formula is C12H18N2O2S. The van der Waals surface area contributed by atoms with Crippen LogP contribution in [-0.2, 0) is 11.2 Å². The fourth-order valence-corrected chi connectivity index (χ4v) is 2.53. The van der Waals surface area contributed by atoms with Crippen LogP contribution in [0.5, 0.6) is 0 Å². The van der Waals surface area contributed by atoms with Crippen LogP contribution in [0.15, 0.2) is 24.5 Å². The van der Waals surface area contributed by atoms with Crippen molar-refractivity contribution in [2.45, 2.75) is 31.1 Å². The molecule has 0 aliphatic carbocycles. The van der Waals surface area contributed by atoms with E-state index in [4.69, 9.17) is 0 Å². The van der Waals surface area contributed by atoms with Crippen LogP contribution in [0.3, 0.4) is 0 Å². The molecule has 1 rings (SSSR count). The van der Waals surface area contributed by atoms with Gasteiger partial charge in [0.15, 0.2) is 0 Å². The van der Waals surface area contributed by atoms with Crippen LogP contribution >= 0.6 is 11.8 Å². The third kappa shape index (κ3) is 4.36. The fourth-order valence-electron chi connectivity index (χ4n) is 1.37. The first kappa shape index (κ1) is 14.0. The second-order valence-electron chi connectivity index (χ2n) is 4.43. The number of hydrogen-bond acceptors (Lipinski definition) is 4. The number of hydrogen-bond donors (Lipinski definition) is 1. The minimum atomic E-state index is -1.09. The number of nitrogens with zero attached hydrogens (tertiary/aromatic N) is 1. The highest BCUT2D eigenvalue weighted by Gasteiger charge is 2.31. The Morgan fingerprint density at radius 3 is 2.65 bits per heavy atom. The largest absolute Gasteiger partial charge is 0.544 e. The Balaban J connectivity index is 2.43. The van der Waals surface area contributed by atoms with Crippen LogP contribution in [0.4, 0.5) is 0 Å². The highest BCUT2D eigenvalue weighted by atomic mass is 32.2. The van der Waals surface area contributed by atoms with Gasteiger partial charge in [-0.25, -0.2) is 0 Å². The normalized spacial score (nSPS) is 13.4. The Kier molecular flexibility index (Phi) is 4.96. The summed E-state index contributed by atoms with van der Waals surface area (Å²) in [5.41, 5.74) is 4.85. The van der Waals surface area contributed by atoms with E-state index < -0.39 is 16.8 Å². The second kappa shape index (κ2) is 6.02. The van der Waals surface area contributed by atoms with Crippen LogP contribution in [0, 0.1) is 0 Å². The van der Waals surface area contributed by atoms with Crippen molar-refractivity contribution in [1.29, 1.82) is 0 Å². The molecule has 0 aliphatic heterocycles. The smallest absolute Gasteiger partial charge is 0.139 e. The summed E-state index contributed by atoms with van der Waals surface area (Å²) in [6.07, 6.45) is 4.42. The van der Waals surface area contributed by atoms with Crippen LogP contribution in [0.25, 0.3) is 0 Å². The Morgan fingerprint density at radius 1 is 1.53 bits per heavy atom. The van der Waals surface area contributed by atoms with Gasteiger partial charge in [0.25, 0.3) is 0 Å². The summed E-state index contributed by atoms with van der Waals surface area (Å²) in [5.74, 6) is -0.234. The molecule has 1 heterocycles. The molecule has 0 aromatic carbocycles. The van der Waals surface area contributed by atoms with Crippen molar-refractivity contribution in [3.8, 4) is 0 Å². The molecule has 0 unspecified atom stereocenters. The van der Waals surface area contributed by atoms with Gasteiger partial charge in [0.1, 0.15) is 12.0 Å². The van der Waals surface area contributed by atoms with Gasteiger partial charge in [-0.05, 0) is 43.7 Å². The lowest BCUT2D eigenvalue weighted by molar-refractivity contribution is -0.442. The van der Waals surface area contributed by atoms with Crippen LogP contribution < -0.4 is 10.8 Å². The maximum absolute atomic E-state index is 10.8. The molecule has 5 heteroatoms. The molecule has 0 spiro atoms. The van der Waals surface area contributed by atoms with Crippen molar-refractivity contribution in [2.75, 3.05) is 5.75 Å². The molecule has 0 saturated carbocycles. The van der Waals surface area contributed by atoms with Crippen molar-refractivity contribution >= 4 is 17.7 Å². The number of carbonyl (C=O) groups is 1. The number of thioether (sulfide) groups is 1. The van der Waals surface area contributed by atoms with E-state index in [0.717, 1.165) is 12.2 Å². The first-order valence-corrected chi connectivity index (χ1v) is 6.49. The number of carboxylic acid groups (broad SMARTS) is 1. The Morgan fingerprint density at radius 2 is 2.12 bits per heavy atom. The molecule has 0 radical (unpaired) electrons. The van der Waals surface area contributed by atoms with E-state index in [2.05, 4.69) is 10.7 Å². The van der Waals surface area contributed by atoms with Crippen LogP contribution in [0.1, 0.15) is 19.4 Å². The Hall–Kier alpha value is -1.07. The van der Waals surface area contributed by atoms with E-state index >= 15 is 0 Å². The number of aliphatic carboxylic acids is 1. The zero-order valence-corrected chi connectivity index (χ0v) is 11.0. The lowest BCUT2D eigenvalue weighted by Gasteiger charge is -2.28. The van der Waals surface area contributed by atoms with Gasteiger partial charge in [0, 0.05) is 12.4 Å². The first-order valence-electron chi connectivity index (χ1n) is 5.50. The summed E-state index contributed by atoms with van der Waals surface area (Å²) in [6.45, 7) is 3.77. The average Bonchev–Trinajstić information content (AvgIpc) is 2.29. The van der Waals surface area contributed by atoms with E-state index in [1.54, 1.807) is 24.2 Å². The predicted octanol–water partition coefficient (Wildman–Crippen LogP) is -0.504. The van der Waals surface area contributed by atoms with Gasteiger partial charge < -0.3 is 15.6 Å². The predicted molar refractivity (Wildman–Crippen MR) is 66.2 cm³/mol. The highest BCUT2D eigenvalue weighted by molar-refractivity contribution is 8.00. The van der Waals surface area contributed by atoms with E-state index in [9.17, 15) is 9.90 Å². The SMILES string of the molecule is CC(C)(SCCc1ccncc1)[C@H]([NH3+])C(=O)[O-]. The van der Waals surface area contributed by atoms with Crippen LogP contribution in [-0.4, -0.2) is 27.5 Å². The van der Waals surface area contributed by atoms with E-state index in [-0.39, 0.29) is 0 Å². The Labute approximate surface area is 106 Å². The number of carboxylic acids is 1. The van der Waals surface area contributed by atoms with Gasteiger partial charge in [-0.15, -0.1) is 11.8 Å². The topological polar surface area (TPSA) is 80.7 Å². The number of quaternary nitrogens is 1. The van der Waals surface area contributed by atoms with Crippen molar-refractivity contribution in [3.05, 3.63) is 30.1 Å². The van der Waals surface area contributed by atoms with Gasteiger partial charge in [-0.3, -0.25) is 4.98 Å². The van der Waals surface area contributed by atoms with Gasteiger partial charge in [0.2, 0.25) is 0 Å². The lowest BCUT2D eigenvalue weighted by atomic mass is 10.1. The van der Waals surface area contributed by atoms with E-state index in [0.29, 0.717) is 0 Å². The summed E-state index contributed by atoms with van der Waals surface area (Å²) in [6, 6.07) is 3.23. The molecule has 0 amide bonds. The summed E-state index contributed by atoms with van der Waals surface area (Å²) >= 11 is 1.61. The minimum absolute atomic E-state index is 0.411. The van der Waals surface area contributed by atoms with Crippen molar-refractivity contribution in [3.63, 3.8) is 0 Å². The monoisotopic (exact) mass is 254 g/mol. The van der Waals surface area contributed by atoms with Crippen molar-refractivity contribution in [2.24, 2.45) is 0 Å². The van der Waals surface area contributed by atoms with E-state index in [1.165, 1.54) is 5.56 Å². The molecular weight excluding hydrogens is 236 g/mol. The third-order valence-corrected chi connectivity index (χ3v) is 4.17. The second-order valence-corrected chi connectivity index (χ2v) is 6.18. The molecule has 4 nitrogen and oxygen atoms in total. The van der Waals surface area contributed by atoms with Gasteiger partial charge in [-0.2, -0.15) is 0 Å². The van der Waals surface area contributed by atoms with Gasteiger partial charge in [-0.1, -0.05) is 0 Å². The number of aromatic nitrogens is 1. The molecule has 1 atom stereocenters. The fraction of sp³-hybridized carbons (Fsp3) is 0.500. The molecule has 0 aliphatic rings. The van der Waals surface area contributed by atoms with Crippen molar-refractivity contribution in [1.82, 2.24) is 4.98 Å². The summed E-state index contributed by atoms with van der Waals surface area (Å²) in [5, 5.41) is 10.8. The number of pyridine rings is 1. The molecule has 0 fully saturated rings. The lowest BCUT2D eigenvalue weighted by Crippen LogP contribution is -2.75. The van der Waals surface area contributed by atoms with Crippen LogP contribution in [0.2, 0.25) is 0 Å². The highest BCUT2D eigenvalue weighted by Crippen LogP contribution is 2.26. The van der Waals surface area contributed by atoms with Crippen molar-refractivity contribution < 1.29 is 15.6 Å². The third-order valence-electron chi connectivity index (χ3n) is 2.74. The Bertz CT molecular complexity index is 368. The molecule has 1 aromatic heterocycles. The zero-order valence-electron chi connectivity index (χ0n) is 10.2. The zero-order chi connectivity index (χ0) is 12.9. The maximum atomic E-state index is 10.8. The average molecular weight is 254 g/mol. The first-order chi connectivity index (χ1) is 7.93. The number of aryl methyl sites for hydroxylation is 1. The molecule has 1 aromatic rings. The summed E-state index contributed by atoms with van der Waals surface area (Å²) in [4.78, 5) is 14.7. The van der Waals surface area contributed by atoms with Gasteiger partial charge in [0.05, 0.1) is 4.75 Å². The standard InChI is InChI=1S/C12H18N2O2S/c1-12(2,10(13)11(15)16)17-8-5-9-3-6-14-7-4-9/h3-4,6-7,10H,5,8,13H2,1-2H3,(H,15,16)/t10-/m1/s1. The van der Waals surface area contributed by atoms with Gasteiger partial charge >= 0.3 is 0 Å². The summed E-state index contributed by atoms with van der Waals surface area (Å²) in [7, 11) is 0. The molecule has 17 heavy (non-hydrogen) atoms. The molecule has 94 valence electrons. The number of carbonyl (C=O) groups excluding carboxylic acids is 1. The molecule has 0 saturated heterocycles. The number of rotatable bonds is 6. The summed E-state index contributed by atoms with van der Waals surface area (Å²) < 4.78 is -0.411. The quantitative estimate of drug-likeness (QED) is 0.742. The molecule has 0 bridgehead atoms. The van der Waals surface area contributed by atoms with E-state index in [1.807, 2.05) is 26.0 Å². The minimum Gasteiger partial charge on any atom is -0.544 e. The maximum Gasteiger partial charge on any atom is 0.139 e.